The quantitative estimate of drug-likeness (QED) is 0.836. The summed E-state index contributed by atoms with van der Waals surface area (Å²) in [6.07, 6.45) is 0.243. The van der Waals surface area contributed by atoms with Gasteiger partial charge < -0.3 is 15.6 Å². The normalized spacial score (nSPS) is 14.6. The Hall–Kier alpha value is -0.770. The summed E-state index contributed by atoms with van der Waals surface area (Å²) in [6.45, 7) is 4.09. The Labute approximate surface area is 101 Å². The summed E-state index contributed by atoms with van der Waals surface area (Å²) in [5.41, 5.74) is 6.71. The van der Waals surface area contributed by atoms with E-state index in [0.29, 0.717) is 18.1 Å². The average molecular weight is 244 g/mol. The van der Waals surface area contributed by atoms with Crippen molar-refractivity contribution in [2.45, 2.75) is 32.4 Å². The van der Waals surface area contributed by atoms with Gasteiger partial charge in [0.05, 0.1) is 12.7 Å². The number of halogens is 1. The van der Waals surface area contributed by atoms with Gasteiger partial charge in [-0.1, -0.05) is 11.6 Å². The zero-order valence-electron chi connectivity index (χ0n) is 9.61. The largest absolute Gasteiger partial charge is 0.493 e. The summed E-state index contributed by atoms with van der Waals surface area (Å²) in [7, 11) is 0. The van der Waals surface area contributed by atoms with Crippen molar-refractivity contribution in [2.75, 3.05) is 6.61 Å². The van der Waals surface area contributed by atoms with Crippen LogP contribution in [0.3, 0.4) is 0 Å². The Kier molecular flexibility index (Phi) is 5.06. The van der Waals surface area contributed by atoms with Crippen LogP contribution < -0.4 is 10.5 Å². The van der Waals surface area contributed by atoms with Gasteiger partial charge in [0.2, 0.25) is 0 Å². The lowest BCUT2D eigenvalue weighted by atomic mass is 10.1. The Morgan fingerprint density at radius 1 is 1.44 bits per heavy atom. The third kappa shape index (κ3) is 4.00. The predicted molar refractivity (Wildman–Crippen MR) is 65.8 cm³/mol. The maximum Gasteiger partial charge on any atom is 0.124 e. The van der Waals surface area contributed by atoms with E-state index >= 15 is 0 Å². The maximum atomic E-state index is 9.13. The molecule has 1 unspecified atom stereocenters. The zero-order valence-corrected chi connectivity index (χ0v) is 10.4. The molecule has 0 aliphatic rings. The van der Waals surface area contributed by atoms with Crippen LogP contribution in [0.1, 0.15) is 31.9 Å². The summed E-state index contributed by atoms with van der Waals surface area (Å²) in [4.78, 5) is 0. The van der Waals surface area contributed by atoms with Crippen LogP contribution in [0.4, 0.5) is 0 Å². The first-order valence-electron chi connectivity index (χ1n) is 5.36. The van der Waals surface area contributed by atoms with Crippen molar-refractivity contribution in [2.24, 2.45) is 5.73 Å². The van der Waals surface area contributed by atoms with E-state index in [9.17, 15) is 0 Å². The number of hydrogen-bond donors (Lipinski definition) is 2. The first-order chi connectivity index (χ1) is 7.50. The minimum absolute atomic E-state index is 0.125. The number of benzene rings is 1. The SMILES string of the molecule is CC(O)CCOc1ccc(Cl)cc1[C@@H](C)N. The highest BCUT2D eigenvalue weighted by Crippen LogP contribution is 2.27. The van der Waals surface area contributed by atoms with Gasteiger partial charge in [-0.15, -0.1) is 0 Å². The summed E-state index contributed by atoms with van der Waals surface area (Å²) in [5, 5.41) is 9.78. The molecule has 0 aliphatic carbocycles. The van der Waals surface area contributed by atoms with Gasteiger partial charge in [0.25, 0.3) is 0 Å². The number of nitrogens with two attached hydrogens (primary N) is 1. The molecule has 0 amide bonds. The van der Waals surface area contributed by atoms with Gasteiger partial charge in [0, 0.05) is 23.0 Å². The van der Waals surface area contributed by atoms with Gasteiger partial charge in [0.1, 0.15) is 5.75 Å². The van der Waals surface area contributed by atoms with Gasteiger partial charge in [-0.3, -0.25) is 0 Å². The molecule has 0 saturated heterocycles. The molecule has 0 aliphatic heterocycles. The molecule has 0 radical (unpaired) electrons. The monoisotopic (exact) mass is 243 g/mol. The van der Waals surface area contributed by atoms with Crippen LogP contribution in [0, 0.1) is 0 Å². The van der Waals surface area contributed by atoms with E-state index in [1.807, 2.05) is 19.1 Å². The van der Waals surface area contributed by atoms with Crippen molar-refractivity contribution < 1.29 is 9.84 Å². The lowest BCUT2D eigenvalue weighted by molar-refractivity contribution is 0.155. The van der Waals surface area contributed by atoms with Crippen molar-refractivity contribution in [1.82, 2.24) is 0 Å². The number of hydrogen-bond acceptors (Lipinski definition) is 3. The summed E-state index contributed by atoms with van der Waals surface area (Å²) in [6, 6.07) is 5.26. The van der Waals surface area contributed by atoms with Crippen molar-refractivity contribution in [3.05, 3.63) is 28.8 Å². The second-order valence-corrected chi connectivity index (χ2v) is 4.39. The minimum atomic E-state index is -0.356. The van der Waals surface area contributed by atoms with Gasteiger partial charge in [-0.2, -0.15) is 0 Å². The van der Waals surface area contributed by atoms with Crippen LogP contribution in [-0.2, 0) is 0 Å². The number of aliphatic hydroxyl groups excluding tert-OH is 1. The fourth-order valence-corrected chi connectivity index (χ4v) is 1.53. The van der Waals surface area contributed by atoms with Crippen molar-refractivity contribution in [3.63, 3.8) is 0 Å². The lowest BCUT2D eigenvalue weighted by Crippen LogP contribution is -2.11. The predicted octanol–water partition coefficient (Wildman–Crippen LogP) is 2.51. The number of aliphatic hydroxyl groups is 1. The van der Waals surface area contributed by atoms with Crippen molar-refractivity contribution in [3.8, 4) is 5.75 Å². The summed E-state index contributed by atoms with van der Waals surface area (Å²) < 4.78 is 5.57. The second kappa shape index (κ2) is 6.09. The third-order valence-electron chi connectivity index (χ3n) is 2.26. The lowest BCUT2D eigenvalue weighted by Gasteiger charge is -2.14. The summed E-state index contributed by atoms with van der Waals surface area (Å²) >= 11 is 5.89. The van der Waals surface area contributed by atoms with Crippen LogP contribution in [0.15, 0.2) is 18.2 Å². The molecule has 0 saturated carbocycles. The molecular weight excluding hydrogens is 226 g/mol. The maximum absolute atomic E-state index is 9.13. The molecule has 0 fully saturated rings. The molecule has 0 aromatic heterocycles. The molecule has 3 nitrogen and oxygen atoms in total. The Morgan fingerprint density at radius 3 is 2.69 bits per heavy atom. The van der Waals surface area contributed by atoms with Gasteiger partial charge in [-0.25, -0.2) is 0 Å². The van der Waals surface area contributed by atoms with E-state index in [2.05, 4.69) is 0 Å². The molecule has 2 atom stereocenters. The Morgan fingerprint density at radius 2 is 2.12 bits per heavy atom. The smallest absolute Gasteiger partial charge is 0.124 e. The zero-order chi connectivity index (χ0) is 12.1. The van der Waals surface area contributed by atoms with Gasteiger partial charge in [0.15, 0.2) is 0 Å². The standard InChI is InChI=1S/C12H18ClNO2/c1-8(15)5-6-16-12-4-3-10(13)7-11(12)9(2)14/h3-4,7-9,15H,5-6,14H2,1-2H3/t8?,9-/m1/s1. The highest BCUT2D eigenvalue weighted by atomic mass is 35.5. The first kappa shape index (κ1) is 13.3. The Bertz CT molecular complexity index is 340. The molecule has 0 heterocycles. The van der Waals surface area contributed by atoms with E-state index < -0.39 is 0 Å². The third-order valence-corrected chi connectivity index (χ3v) is 2.49. The van der Waals surface area contributed by atoms with E-state index in [0.717, 1.165) is 11.3 Å². The minimum Gasteiger partial charge on any atom is -0.493 e. The van der Waals surface area contributed by atoms with Gasteiger partial charge >= 0.3 is 0 Å². The van der Waals surface area contributed by atoms with Gasteiger partial charge in [-0.05, 0) is 32.0 Å². The molecule has 0 spiro atoms. The van der Waals surface area contributed by atoms with E-state index in [1.165, 1.54) is 0 Å². The molecular formula is C12H18ClNO2. The molecule has 1 aromatic rings. The number of ether oxygens (including phenoxy) is 1. The molecule has 3 N–H and O–H groups in total. The number of rotatable bonds is 5. The molecule has 1 rings (SSSR count). The summed E-state index contributed by atoms with van der Waals surface area (Å²) in [5.74, 6) is 0.736. The Balaban J connectivity index is 2.71. The first-order valence-corrected chi connectivity index (χ1v) is 5.74. The highest BCUT2D eigenvalue weighted by molar-refractivity contribution is 6.30. The van der Waals surface area contributed by atoms with Crippen LogP contribution in [0.2, 0.25) is 5.02 Å². The molecule has 90 valence electrons. The van der Waals surface area contributed by atoms with Crippen LogP contribution in [0.5, 0.6) is 5.75 Å². The van der Waals surface area contributed by atoms with Crippen LogP contribution >= 0.6 is 11.6 Å². The molecule has 0 bridgehead atoms. The molecule has 4 heteroatoms. The van der Waals surface area contributed by atoms with E-state index in [4.69, 9.17) is 27.2 Å². The van der Waals surface area contributed by atoms with Crippen molar-refractivity contribution >= 4 is 11.6 Å². The molecule has 1 aromatic carbocycles. The highest BCUT2D eigenvalue weighted by Gasteiger charge is 2.09. The average Bonchev–Trinajstić information content (AvgIpc) is 2.19. The van der Waals surface area contributed by atoms with Crippen LogP contribution in [0.25, 0.3) is 0 Å². The topological polar surface area (TPSA) is 55.5 Å². The van der Waals surface area contributed by atoms with Crippen LogP contribution in [-0.4, -0.2) is 17.8 Å². The fourth-order valence-electron chi connectivity index (χ4n) is 1.35. The van der Waals surface area contributed by atoms with E-state index in [-0.39, 0.29) is 12.1 Å². The fraction of sp³-hybridized carbons (Fsp3) is 0.500. The molecule has 16 heavy (non-hydrogen) atoms. The van der Waals surface area contributed by atoms with Crippen molar-refractivity contribution in [1.29, 1.82) is 0 Å². The van der Waals surface area contributed by atoms with E-state index in [1.54, 1.807) is 13.0 Å². The second-order valence-electron chi connectivity index (χ2n) is 3.96.